The van der Waals surface area contributed by atoms with Crippen molar-refractivity contribution in [3.05, 3.63) is 47.8 Å². The minimum Gasteiger partial charge on any atom is -0.496 e. The summed E-state index contributed by atoms with van der Waals surface area (Å²) in [5.41, 5.74) is 0.606. The van der Waals surface area contributed by atoms with E-state index < -0.39 is 52.8 Å². The van der Waals surface area contributed by atoms with Gasteiger partial charge >= 0.3 is 11.9 Å². The molecule has 1 aromatic rings. The molecule has 2 saturated heterocycles. The van der Waals surface area contributed by atoms with Crippen LogP contribution in [0.2, 0.25) is 0 Å². The van der Waals surface area contributed by atoms with Gasteiger partial charge in [0.1, 0.15) is 34.5 Å². The number of allylic oxidation sites excluding steroid dienone is 1. The number of nitrogens with one attached hydrogen (secondary N) is 1. The SMILES string of the molecule is COc1cccc(OC)c1C(=O)NC1C(=O)N2[C@@H](C(=O)OCOC(=O)C3=CN(C)C=CC3)C(C)(C)S[C@@H]12. The van der Waals surface area contributed by atoms with Crippen molar-refractivity contribution in [3.8, 4) is 11.5 Å². The summed E-state index contributed by atoms with van der Waals surface area (Å²) in [5, 5.41) is 2.28. The first-order valence-corrected chi connectivity index (χ1v) is 12.4. The molecule has 12 heteroatoms. The Morgan fingerprint density at radius 2 is 1.81 bits per heavy atom. The molecule has 0 radical (unpaired) electrons. The van der Waals surface area contributed by atoms with E-state index in [2.05, 4.69) is 5.32 Å². The molecule has 11 nitrogen and oxygen atoms in total. The standard InChI is InChI=1S/C25H29N3O8S/c1-25(2)19(24(32)36-13-35-23(31)14-8-7-11-27(3)12-14)28-21(30)18(22(28)37-25)26-20(29)17-15(33-4)9-6-10-16(17)34-5/h6-7,9-12,18-19,22H,8,13H2,1-5H3,(H,26,29)/t18?,19-,22-/m0/s1. The van der Waals surface area contributed by atoms with E-state index in [9.17, 15) is 19.2 Å². The number of hydrogen-bond donors (Lipinski definition) is 1. The van der Waals surface area contributed by atoms with Gasteiger partial charge in [0.05, 0.1) is 19.8 Å². The van der Waals surface area contributed by atoms with Crippen molar-refractivity contribution >= 4 is 35.5 Å². The number of hydrogen-bond acceptors (Lipinski definition) is 10. The van der Waals surface area contributed by atoms with Gasteiger partial charge in [-0.2, -0.15) is 0 Å². The van der Waals surface area contributed by atoms with Gasteiger partial charge in [-0.3, -0.25) is 9.59 Å². The fourth-order valence-electron chi connectivity index (χ4n) is 4.55. The van der Waals surface area contributed by atoms with Crippen molar-refractivity contribution in [1.82, 2.24) is 15.1 Å². The maximum Gasteiger partial charge on any atom is 0.338 e. The highest BCUT2D eigenvalue weighted by Gasteiger charge is 2.64. The zero-order chi connectivity index (χ0) is 26.9. The maximum absolute atomic E-state index is 13.1. The summed E-state index contributed by atoms with van der Waals surface area (Å²) < 4.78 is 20.2. The Kier molecular flexibility index (Phi) is 7.39. The Morgan fingerprint density at radius 1 is 1.14 bits per heavy atom. The van der Waals surface area contributed by atoms with E-state index in [1.165, 1.54) is 30.9 Å². The van der Waals surface area contributed by atoms with Crippen LogP contribution < -0.4 is 14.8 Å². The number of rotatable bonds is 8. The molecule has 1 N–H and O–H groups in total. The summed E-state index contributed by atoms with van der Waals surface area (Å²) in [4.78, 5) is 54.4. The molecule has 2 amide bonds. The number of β-lactam (4-membered cyclic amide) rings is 1. The molecule has 0 spiro atoms. The molecule has 4 rings (SSSR count). The van der Waals surface area contributed by atoms with Crippen LogP contribution in [0.5, 0.6) is 11.5 Å². The molecular formula is C25H29N3O8S. The maximum atomic E-state index is 13.1. The summed E-state index contributed by atoms with van der Waals surface area (Å²) in [6.07, 6.45) is 5.69. The molecule has 0 saturated carbocycles. The number of esters is 2. The van der Waals surface area contributed by atoms with Crippen molar-refractivity contribution in [1.29, 1.82) is 0 Å². The average molecular weight is 532 g/mol. The van der Waals surface area contributed by atoms with Crippen LogP contribution in [0.1, 0.15) is 30.6 Å². The fraction of sp³-hybridized carbons (Fsp3) is 0.440. The number of carbonyl (C=O) groups is 4. The lowest BCUT2D eigenvalue weighted by molar-refractivity contribution is -0.175. The molecule has 3 heterocycles. The third-order valence-electron chi connectivity index (χ3n) is 6.30. The van der Waals surface area contributed by atoms with Crippen LogP contribution in [0.3, 0.4) is 0 Å². The second kappa shape index (κ2) is 10.4. The lowest BCUT2D eigenvalue weighted by Crippen LogP contribution is -2.70. The third-order valence-corrected chi connectivity index (χ3v) is 7.87. The largest absolute Gasteiger partial charge is 0.496 e. The van der Waals surface area contributed by atoms with Crippen molar-refractivity contribution in [2.45, 2.75) is 42.5 Å². The van der Waals surface area contributed by atoms with Gasteiger partial charge in [-0.15, -0.1) is 11.8 Å². The quantitative estimate of drug-likeness (QED) is 0.301. The van der Waals surface area contributed by atoms with Crippen LogP contribution in [0.25, 0.3) is 0 Å². The Bertz CT molecular complexity index is 1160. The minimum atomic E-state index is -0.911. The molecule has 0 aliphatic carbocycles. The predicted molar refractivity (Wildman–Crippen MR) is 134 cm³/mol. The van der Waals surface area contributed by atoms with Crippen LogP contribution in [-0.2, 0) is 23.9 Å². The van der Waals surface area contributed by atoms with Gasteiger partial charge in [0, 0.05) is 24.4 Å². The Morgan fingerprint density at radius 3 is 2.43 bits per heavy atom. The highest BCUT2D eigenvalue weighted by molar-refractivity contribution is 8.01. The fourth-order valence-corrected chi connectivity index (χ4v) is 6.17. The van der Waals surface area contributed by atoms with Crippen LogP contribution in [0.4, 0.5) is 0 Å². The first-order valence-electron chi connectivity index (χ1n) is 11.5. The number of nitrogens with zero attached hydrogens (tertiary/aromatic N) is 2. The Hall–Kier alpha value is -3.67. The number of methoxy groups -OCH3 is 2. The monoisotopic (exact) mass is 531 g/mol. The summed E-state index contributed by atoms with van der Waals surface area (Å²) >= 11 is 1.38. The summed E-state index contributed by atoms with van der Waals surface area (Å²) in [6.45, 7) is 3.07. The van der Waals surface area contributed by atoms with Crippen molar-refractivity contribution < 1.29 is 38.1 Å². The highest BCUT2D eigenvalue weighted by Crippen LogP contribution is 2.51. The molecule has 3 aliphatic rings. The molecule has 3 atom stereocenters. The summed E-state index contributed by atoms with van der Waals surface area (Å²) in [7, 11) is 4.66. The second-order valence-corrected chi connectivity index (χ2v) is 10.9. The molecule has 1 unspecified atom stereocenters. The van der Waals surface area contributed by atoms with E-state index in [1.807, 2.05) is 26.1 Å². The highest BCUT2D eigenvalue weighted by atomic mass is 32.2. The first-order chi connectivity index (χ1) is 17.6. The normalized spacial score (nSPS) is 23.4. The van der Waals surface area contributed by atoms with E-state index in [0.29, 0.717) is 23.5 Å². The Labute approximate surface area is 218 Å². The molecule has 0 bridgehead atoms. The van der Waals surface area contributed by atoms with Gasteiger partial charge in [0.25, 0.3) is 5.91 Å². The molecule has 0 aromatic heterocycles. The van der Waals surface area contributed by atoms with Gasteiger partial charge < -0.3 is 34.1 Å². The van der Waals surface area contributed by atoms with Gasteiger partial charge in [0.15, 0.2) is 0 Å². The predicted octanol–water partition coefficient (Wildman–Crippen LogP) is 1.64. The topological polar surface area (TPSA) is 124 Å². The van der Waals surface area contributed by atoms with Gasteiger partial charge in [-0.1, -0.05) is 12.1 Å². The van der Waals surface area contributed by atoms with Gasteiger partial charge in [0.2, 0.25) is 12.7 Å². The molecule has 2 fully saturated rings. The van der Waals surface area contributed by atoms with E-state index in [4.69, 9.17) is 18.9 Å². The first kappa shape index (κ1) is 26.4. The van der Waals surface area contributed by atoms with Crippen molar-refractivity contribution in [3.63, 3.8) is 0 Å². The van der Waals surface area contributed by atoms with Crippen molar-refractivity contribution in [2.75, 3.05) is 28.1 Å². The molecule has 3 aliphatic heterocycles. The number of carbonyl (C=O) groups excluding carboxylic acids is 4. The van der Waals surface area contributed by atoms with Crippen LogP contribution in [-0.4, -0.2) is 83.8 Å². The van der Waals surface area contributed by atoms with Crippen LogP contribution >= 0.6 is 11.8 Å². The van der Waals surface area contributed by atoms with E-state index in [0.717, 1.165) is 0 Å². The van der Waals surface area contributed by atoms with Gasteiger partial charge in [-0.25, -0.2) is 9.59 Å². The van der Waals surface area contributed by atoms with E-state index in [1.54, 1.807) is 36.3 Å². The molecule has 198 valence electrons. The van der Waals surface area contributed by atoms with E-state index >= 15 is 0 Å². The third kappa shape index (κ3) is 4.97. The Balaban J connectivity index is 1.39. The number of amides is 2. The lowest BCUT2D eigenvalue weighted by Gasteiger charge is -2.43. The van der Waals surface area contributed by atoms with Crippen molar-refractivity contribution in [2.24, 2.45) is 0 Å². The lowest BCUT2D eigenvalue weighted by atomic mass is 9.95. The summed E-state index contributed by atoms with van der Waals surface area (Å²) in [5.74, 6) is -1.60. The number of ether oxygens (including phenoxy) is 4. The van der Waals surface area contributed by atoms with E-state index in [-0.39, 0.29) is 5.56 Å². The molecule has 37 heavy (non-hydrogen) atoms. The molecule has 1 aromatic carbocycles. The number of benzene rings is 1. The number of fused-ring (bicyclic) bond motifs is 1. The molecular weight excluding hydrogens is 502 g/mol. The zero-order valence-corrected chi connectivity index (χ0v) is 22.0. The smallest absolute Gasteiger partial charge is 0.338 e. The van der Waals surface area contributed by atoms with Crippen LogP contribution in [0.15, 0.2) is 42.2 Å². The van der Waals surface area contributed by atoms with Crippen LogP contribution in [0, 0.1) is 0 Å². The van der Waals surface area contributed by atoms with Gasteiger partial charge in [-0.05, 0) is 32.2 Å². The minimum absolute atomic E-state index is 0.175. The average Bonchev–Trinajstić information content (AvgIpc) is 3.13. The zero-order valence-electron chi connectivity index (χ0n) is 21.2. The second-order valence-electron chi connectivity index (χ2n) is 9.17. The summed E-state index contributed by atoms with van der Waals surface area (Å²) in [6, 6.07) is 3.18. The number of thioether (sulfide) groups is 1.